The lowest BCUT2D eigenvalue weighted by Gasteiger charge is -2.23. The number of urea groups is 1. The van der Waals surface area contributed by atoms with Crippen molar-refractivity contribution in [2.24, 2.45) is 0 Å². The number of fused-ring (bicyclic) bond motifs is 1. The Kier molecular flexibility index (Phi) is 4.19. The number of nitrogens with one attached hydrogen (secondary N) is 1. The van der Waals surface area contributed by atoms with Gasteiger partial charge in [0, 0.05) is 31.2 Å². The Labute approximate surface area is 165 Å². The molecule has 0 radical (unpaired) electrons. The summed E-state index contributed by atoms with van der Waals surface area (Å²) in [5.41, 5.74) is 1.48. The van der Waals surface area contributed by atoms with Gasteiger partial charge in [0.2, 0.25) is 5.91 Å². The number of anilines is 1. The molecular weight excluding hydrogens is 378 g/mol. The van der Waals surface area contributed by atoms with E-state index in [2.05, 4.69) is 20.5 Å². The average Bonchev–Trinajstić information content (AvgIpc) is 3.47. The molecule has 10 heteroatoms. The van der Waals surface area contributed by atoms with Gasteiger partial charge >= 0.3 is 6.03 Å². The molecule has 2 saturated heterocycles. The second kappa shape index (κ2) is 6.86. The minimum Gasteiger partial charge on any atom is -0.336 e. The zero-order valence-electron chi connectivity index (χ0n) is 15.1. The molecule has 2 fully saturated rings. The van der Waals surface area contributed by atoms with Crippen LogP contribution in [-0.2, 0) is 11.2 Å². The third kappa shape index (κ3) is 2.89. The first kappa shape index (κ1) is 17.1. The summed E-state index contributed by atoms with van der Waals surface area (Å²) in [5.74, 6) is 0.826. The minimum atomic E-state index is -0.134. The molecule has 2 aliphatic heterocycles. The van der Waals surface area contributed by atoms with Gasteiger partial charge in [0.25, 0.3) is 0 Å². The van der Waals surface area contributed by atoms with E-state index in [1.165, 1.54) is 11.3 Å². The Bertz CT molecular complexity index is 1050. The summed E-state index contributed by atoms with van der Waals surface area (Å²) in [7, 11) is 0. The summed E-state index contributed by atoms with van der Waals surface area (Å²) >= 11 is 1.39. The van der Waals surface area contributed by atoms with E-state index in [1.54, 1.807) is 4.90 Å². The summed E-state index contributed by atoms with van der Waals surface area (Å²) < 4.78 is 1.95. The van der Waals surface area contributed by atoms with Gasteiger partial charge in [-0.05, 0) is 25.0 Å². The van der Waals surface area contributed by atoms with Crippen molar-refractivity contribution in [2.45, 2.75) is 25.3 Å². The maximum absolute atomic E-state index is 13.0. The molecule has 0 spiro atoms. The highest BCUT2D eigenvalue weighted by atomic mass is 32.1. The number of carbonyl (C=O) groups excluding carboxylic acids is 2. The second-order valence-electron chi connectivity index (χ2n) is 6.91. The number of likely N-dealkylation sites (tertiary alicyclic amines) is 1. The summed E-state index contributed by atoms with van der Waals surface area (Å²) in [4.78, 5) is 32.8. The highest BCUT2D eigenvalue weighted by molar-refractivity contribution is 7.14. The van der Waals surface area contributed by atoms with Gasteiger partial charge in [0.15, 0.2) is 16.6 Å². The number of nitrogens with zero attached hydrogens (tertiary/aromatic N) is 6. The molecule has 9 nitrogen and oxygen atoms in total. The Hall–Kier alpha value is -3.01. The normalized spacial score (nSPS) is 19.6. The molecule has 144 valence electrons. The summed E-state index contributed by atoms with van der Waals surface area (Å²) in [6, 6.07) is 5.55. The molecule has 0 bridgehead atoms. The maximum atomic E-state index is 13.0. The van der Waals surface area contributed by atoms with Crippen LogP contribution in [-0.4, -0.2) is 56.1 Å². The van der Waals surface area contributed by atoms with Crippen molar-refractivity contribution in [3.05, 3.63) is 41.3 Å². The number of carbonyl (C=O) groups is 2. The van der Waals surface area contributed by atoms with E-state index in [9.17, 15) is 9.59 Å². The number of rotatable bonds is 4. The number of pyridine rings is 1. The lowest BCUT2D eigenvalue weighted by molar-refractivity contribution is -0.131. The van der Waals surface area contributed by atoms with E-state index in [0.29, 0.717) is 30.5 Å². The fourth-order valence-electron chi connectivity index (χ4n) is 3.83. The lowest BCUT2D eigenvalue weighted by Crippen LogP contribution is -2.33. The number of thiazole rings is 1. The summed E-state index contributed by atoms with van der Waals surface area (Å²) in [6.07, 6.45) is 3.96. The van der Waals surface area contributed by atoms with E-state index < -0.39 is 0 Å². The zero-order valence-corrected chi connectivity index (χ0v) is 15.9. The maximum Gasteiger partial charge on any atom is 0.323 e. The monoisotopic (exact) mass is 397 g/mol. The Morgan fingerprint density at radius 2 is 2.21 bits per heavy atom. The third-order valence-corrected chi connectivity index (χ3v) is 6.08. The van der Waals surface area contributed by atoms with Gasteiger partial charge in [-0.15, -0.1) is 21.5 Å². The van der Waals surface area contributed by atoms with Gasteiger partial charge in [-0.3, -0.25) is 14.1 Å². The van der Waals surface area contributed by atoms with Crippen molar-refractivity contribution < 1.29 is 9.59 Å². The minimum absolute atomic E-state index is 0.0258. The van der Waals surface area contributed by atoms with Crippen LogP contribution in [0.25, 0.3) is 5.65 Å². The molecule has 5 rings (SSSR count). The first-order valence-corrected chi connectivity index (χ1v) is 10.2. The molecule has 0 aliphatic carbocycles. The Morgan fingerprint density at radius 3 is 3.07 bits per heavy atom. The third-order valence-electron chi connectivity index (χ3n) is 5.17. The molecule has 28 heavy (non-hydrogen) atoms. The number of aromatic nitrogens is 4. The molecular formula is C18H19N7O2S. The summed E-state index contributed by atoms with van der Waals surface area (Å²) in [6.45, 7) is 1.93. The molecule has 3 aromatic heterocycles. The highest BCUT2D eigenvalue weighted by Gasteiger charge is 2.33. The van der Waals surface area contributed by atoms with Gasteiger partial charge in [-0.2, -0.15) is 0 Å². The lowest BCUT2D eigenvalue weighted by atomic mass is 10.2. The molecule has 1 atom stereocenters. The van der Waals surface area contributed by atoms with Crippen LogP contribution >= 0.6 is 11.3 Å². The fourth-order valence-corrected chi connectivity index (χ4v) is 4.68. The van der Waals surface area contributed by atoms with E-state index in [-0.39, 0.29) is 24.4 Å². The van der Waals surface area contributed by atoms with E-state index >= 15 is 0 Å². The Morgan fingerprint density at radius 1 is 1.29 bits per heavy atom. The van der Waals surface area contributed by atoms with E-state index in [4.69, 9.17) is 0 Å². The largest absolute Gasteiger partial charge is 0.336 e. The molecule has 2 aliphatic rings. The molecule has 1 N–H and O–H groups in total. The van der Waals surface area contributed by atoms with Gasteiger partial charge in [0.05, 0.1) is 18.2 Å². The van der Waals surface area contributed by atoms with Crippen LogP contribution in [0.1, 0.15) is 30.4 Å². The van der Waals surface area contributed by atoms with Crippen LogP contribution in [0.4, 0.5) is 9.93 Å². The van der Waals surface area contributed by atoms with E-state index in [1.807, 2.05) is 39.1 Å². The van der Waals surface area contributed by atoms with Crippen molar-refractivity contribution in [3.8, 4) is 0 Å². The number of amides is 3. The Balaban J connectivity index is 1.33. The van der Waals surface area contributed by atoms with Crippen LogP contribution in [0.5, 0.6) is 0 Å². The quantitative estimate of drug-likeness (QED) is 0.722. The molecule has 3 amide bonds. The molecule has 0 saturated carbocycles. The van der Waals surface area contributed by atoms with Gasteiger partial charge < -0.3 is 10.2 Å². The molecule has 3 aromatic rings. The predicted octanol–water partition coefficient (Wildman–Crippen LogP) is 1.62. The van der Waals surface area contributed by atoms with Crippen LogP contribution in [0.2, 0.25) is 0 Å². The van der Waals surface area contributed by atoms with Crippen molar-refractivity contribution in [1.29, 1.82) is 0 Å². The van der Waals surface area contributed by atoms with Crippen LogP contribution in [0.15, 0.2) is 29.8 Å². The van der Waals surface area contributed by atoms with E-state index in [0.717, 1.165) is 24.3 Å². The average molecular weight is 397 g/mol. The smallest absolute Gasteiger partial charge is 0.323 e. The SMILES string of the molecule is O=C1NCCN1c1nc(CC(=O)N2CCCC2c2nnc3ccccn23)cs1. The van der Waals surface area contributed by atoms with Crippen LogP contribution in [0.3, 0.4) is 0 Å². The first-order valence-electron chi connectivity index (χ1n) is 9.29. The predicted molar refractivity (Wildman–Crippen MR) is 103 cm³/mol. The highest BCUT2D eigenvalue weighted by Crippen LogP contribution is 2.32. The topological polar surface area (TPSA) is 95.7 Å². The van der Waals surface area contributed by atoms with Gasteiger partial charge in [-0.1, -0.05) is 6.07 Å². The summed E-state index contributed by atoms with van der Waals surface area (Å²) in [5, 5.41) is 13.8. The van der Waals surface area contributed by atoms with Crippen LogP contribution in [0, 0.1) is 0 Å². The number of hydrogen-bond donors (Lipinski definition) is 1. The molecule has 5 heterocycles. The van der Waals surface area contributed by atoms with Crippen molar-refractivity contribution in [3.63, 3.8) is 0 Å². The van der Waals surface area contributed by atoms with Gasteiger partial charge in [0.1, 0.15) is 0 Å². The zero-order chi connectivity index (χ0) is 19.1. The van der Waals surface area contributed by atoms with Crippen molar-refractivity contribution >= 4 is 34.1 Å². The number of hydrogen-bond acceptors (Lipinski definition) is 6. The van der Waals surface area contributed by atoms with Crippen LogP contribution < -0.4 is 10.2 Å². The molecule has 0 aromatic carbocycles. The van der Waals surface area contributed by atoms with Crippen molar-refractivity contribution in [2.75, 3.05) is 24.5 Å². The standard InChI is InChI=1S/C18H19N7O2S/c26-15(10-12-11-28-18(20-12)25-9-6-19-17(25)27)23-8-3-4-13(23)16-22-21-14-5-1-2-7-24(14)16/h1-2,5,7,11,13H,3-4,6,8-10H2,(H,19,27). The molecule has 1 unspecified atom stereocenters. The van der Waals surface area contributed by atoms with Gasteiger partial charge in [-0.25, -0.2) is 9.78 Å². The van der Waals surface area contributed by atoms with Crippen molar-refractivity contribution in [1.82, 2.24) is 29.8 Å². The fraction of sp³-hybridized carbons (Fsp3) is 0.389. The second-order valence-corrected chi connectivity index (χ2v) is 7.75. The first-order chi connectivity index (χ1) is 13.7.